The van der Waals surface area contributed by atoms with Crippen LogP contribution in [0.25, 0.3) is 0 Å². The number of aryl methyl sites for hydroxylation is 3. The predicted octanol–water partition coefficient (Wildman–Crippen LogP) is 5.26. The molecule has 0 spiro atoms. The van der Waals surface area contributed by atoms with Crippen molar-refractivity contribution < 1.29 is 17.6 Å². The third-order valence-corrected chi connectivity index (χ3v) is 4.16. The van der Waals surface area contributed by atoms with E-state index in [-0.39, 0.29) is 17.2 Å². The first-order chi connectivity index (χ1) is 11.6. The molecule has 7 heteroatoms. The monoisotopic (exact) mass is 370 g/mol. The van der Waals surface area contributed by atoms with Crippen molar-refractivity contribution in [2.75, 3.05) is 5.32 Å². The fraction of sp³-hybridized carbons (Fsp3) is 0.278. The molecule has 2 N–H and O–H groups in total. The predicted molar refractivity (Wildman–Crippen MR) is 95.1 cm³/mol. The van der Waals surface area contributed by atoms with Gasteiger partial charge in [0.15, 0.2) is 5.11 Å². The highest BCUT2D eigenvalue weighted by Gasteiger charge is 2.34. The van der Waals surface area contributed by atoms with E-state index in [0.29, 0.717) is 6.07 Å². The molecule has 25 heavy (non-hydrogen) atoms. The maximum absolute atomic E-state index is 14.0. The van der Waals surface area contributed by atoms with Crippen LogP contribution < -0.4 is 10.6 Å². The van der Waals surface area contributed by atoms with Crippen molar-refractivity contribution in [1.29, 1.82) is 0 Å². The van der Waals surface area contributed by atoms with E-state index in [9.17, 15) is 17.6 Å². The number of halogens is 4. The SMILES string of the molecule is Cc1cc(C)c(NC(=S)NCc2cccc(C(F)(F)F)c2F)cc1C. The van der Waals surface area contributed by atoms with Crippen molar-refractivity contribution in [2.45, 2.75) is 33.5 Å². The van der Waals surface area contributed by atoms with Crippen molar-refractivity contribution in [3.05, 3.63) is 64.0 Å². The van der Waals surface area contributed by atoms with Gasteiger partial charge in [-0.1, -0.05) is 18.2 Å². The summed E-state index contributed by atoms with van der Waals surface area (Å²) >= 11 is 5.15. The molecule has 2 aromatic rings. The highest BCUT2D eigenvalue weighted by atomic mass is 32.1. The van der Waals surface area contributed by atoms with Gasteiger partial charge in [0.2, 0.25) is 0 Å². The molecule has 2 nitrogen and oxygen atoms in total. The van der Waals surface area contributed by atoms with Gasteiger partial charge in [-0.15, -0.1) is 0 Å². The zero-order valence-electron chi connectivity index (χ0n) is 14.0. The van der Waals surface area contributed by atoms with Gasteiger partial charge in [-0.25, -0.2) is 4.39 Å². The summed E-state index contributed by atoms with van der Waals surface area (Å²) in [4.78, 5) is 0. The quantitative estimate of drug-likeness (QED) is 0.570. The first kappa shape index (κ1) is 19.2. The highest BCUT2D eigenvalue weighted by molar-refractivity contribution is 7.80. The molecule has 0 saturated heterocycles. The van der Waals surface area contributed by atoms with Gasteiger partial charge in [0.1, 0.15) is 5.82 Å². The van der Waals surface area contributed by atoms with E-state index in [1.165, 1.54) is 12.1 Å². The highest BCUT2D eigenvalue weighted by Crippen LogP contribution is 2.32. The molecule has 0 radical (unpaired) electrons. The van der Waals surface area contributed by atoms with Crippen LogP contribution in [0.3, 0.4) is 0 Å². The molecule has 2 aromatic carbocycles. The number of hydrogen-bond donors (Lipinski definition) is 2. The lowest BCUT2D eigenvalue weighted by atomic mass is 10.1. The number of thiocarbonyl (C=S) groups is 1. The first-order valence-corrected chi connectivity index (χ1v) is 7.97. The summed E-state index contributed by atoms with van der Waals surface area (Å²) in [6.45, 7) is 5.74. The summed E-state index contributed by atoms with van der Waals surface area (Å²) in [5.74, 6) is -1.28. The third kappa shape index (κ3) is 4.69. The molecule has 0 aliphatic carbocycles. The van der Waals surface area contributed by atoms with E-state index in [1.54, 1.807) is 0 Å². The van der Waals surface area contributed by atoms with Crippen molar-refractivity contribution in [3.63, 3.8) is 0 Å². The van der Waals surface area contributed by atoms with E-state index in [0.717, 1.165) is 22.4 Å². The molecule has 0 aromatic heterocycles. The van der Waals surface area contributed by atoms with Crippen LogP contribution in [0.2, 0.25) is 0 Å². The molecule has 0 bridgehead atoms. The molecule has 2 rings (SSSR count). The van der Waals surface area contributed by atoms with Crippen LogP contribution in [-0.4, -0.2) is 5.11 Å². The summed E-state index contributed by atoms with van der Waals surface area (Å²) in [5, 5.41) is 5.94. The zero-order chi connectivity index (χ0) is 18.8. The molecule has 0 saturated carbocycles. The Morgan fingerprint density at radius 3 is 2.32 bits per heavy atom. The van der Waals surface area contributed by atoms with Crippen LogP contribution in [-0.2, 0) is 12.7 Å². The molecular weight excluding hydrogens is 352 g/mol. The number of hydrogen-bond acceptors (Lipinski definition) is 1. The molecule has 0 aliphatic rings. The van der Waals surface area contributed by atoms with Gasteiger partial charge in [0.05, 0.1) is 5.56 Å². The van der Waals surface area contributed by atoms with E-state index in [2.05, 4.69) is 10.6 Å². The molecule has 0 fully saturated rings. The number of anilines is 1. The van der Waals surface area contributed by atoms with Crippen molar-refractivity contribution >= 4 is 23.0 Å². The largest absolute Gasteiger partial charge is 0.419 e. The molecule has 0 unspecified atom stereocenters. The van der Waals surface area contributed by atoms with Gasteiger partial charge in [-0.3, -0.25) is 0 Å². The number of benzene rings is 2. The van der Waals surface area contributed by atoms with Crippen LogP contribution >= 0.6 is 12.2 Å². The maximum atomic E-state index is 14.0. The average molecular weight is 370 g/mol. The second kappa shape index (κ2) is 7.39. The van der Waals surface area contributed by atoms with E-state index in [4.69, 9.17) is 12.2 Å². The van der Waals surface area contributed by atoms with Crippen molar-refractivity contribution in [3.8, 4) is 0 Å². The minimum Gasteiger partial charge on any atom is -0.358 e. The van der Waals surface area contributed by atoms with Gasteiger partial charge in [-0.05, 0) is 61.8 Å². The molecule has 0 atom stereocenters. The molecule has 0 amide bonds. The van der Waals surface area contributed by atoms with Crippen molar-refractivity contribution in [1.82, 2.24) is 5.32 Å². The van der Waals surface area contributed by atoms with Crippen molar-refractivity contribution in [2.24, 2.45) is 0 Å². The minimum absolute atomic E-state index is 0.101. The van der Waals surface area contributed by atoms with E-state index >= 15 is 0 Å². The zero-order valence-corrected chi connectivity index (χ0v) is 14.8. The Labute approximate surface area is 149 Å². The lowest BCUT2D eigenvalue weighted by Gasteiger charge is -2.15. The minimum atomic E-state index is -4.73. The number of nitrogens with one attached hydrogen (secondary N) is 2. The summed E-state index contributed by atoms with van der Waals surface area (Å²) in [5.41, 5.74) is 2.63. The molecular formula is C18H18F4N2S. The molecule has 134 valence electrons. The Kier molecular flexibility index (Phi) is 5.67. The van der Waals surface area contributed by atoms with E-state index in [1.807, 2.05) is 32.9 Å². The Morgan fingerprint density at radius 1 is 1.04 bits per heavy atom. The second-order valence-corrected chi connectivity index (χ2v) is 6.24. The smallest absolute Gasteiger partial charge is 0.358 e. The normalized spacial score (nSPS) is 11.3. The Balaban J connectivity index is 2.07. The van der Waals surface area contributed by atoms with Gasteiger partial charge in [0.25, 0.3) is 0 Å². The summed E-state index contributed by atoms with van der Waals surface area (Å²) < 4.78 is 52.2. The van der Waals surface area contributed by atoms with Gasteiger partial charge in [-0.2, -0.15) is 13.2 Å². The van der Waals surface area contributed by atoms with E-state index < -0.39 is 17.6 Å². The Morgan fingerprint density at radius 2 is 1.68 bits per heavy atom. The average Bonchev–Trinajstić information content (AvgIpc) is 2.50. The maximum Gasteiger partial charge on any atom is 0.419 e. The second-order valence-electron chi connectivity index (χ2n) is 5.84. The van der Waals surface area contributed by atoms with Crippen LogP contribution in [0.1, 0.15) is 27.8 Å². The van der Waals surface area contributed by atoms with Gasteiger partial charge < -0.3 is 10.6 Å². The van der Waals surface area contributed by atoms with Crippen LogP contribution in [0.4, 0.5) is 23.2 Å². The fourth-order valence-corrected chi connectivity index (χ4v) is 2.55. The van der Waals surface area contributed by atoms with Gasteiger partial charge in [0, 0.05) is 17.8 Å². The lowest BCUT2D eigenvalue weighted by Crippen LogP contribution is -2.29. The number of alkyl halides is 3. The number of rotatable bonds is 3. The summed E-state index contributed by atoms with van der Waals surface area (Å²) in [7, 11) is 0. The first-order valence-electron chi connectivity index (χ1n) is 7.57. The summed E-state index contributed by atoms with van der Waals surface area (Å²) in [6, 6.07) is 7.12. The Bertz CT molecular complexity index is 800. The molecule has 0 heterocycles. The third-order valence-electron chi connectivity index (χ3n) is 3.91. The van der Waals surface area contributed by atoms with Crippen LogP contribution in [0.15, 0.2) is 30.3 Å². The van der Waals surface area contributed by atoms with Crippen LogP contribution in [0, 0.1) is 26.6 Å². The lowest BCUT2D eigenvalue weighted by molar-refractivity contribution is -0.140. The summed E-state index contributed by atoms with van der Waals surface area (Å²) in [6.07, 6.45) is -4.73. The Hall–Kier alpha value is -2.15. The van der Waals surface area contributed by atoms with Gasteiger partial charge >= 0.3 is 6.18 Å². The topological polar surface area (TPSA) is 24.1 Å². The van der Waals surface area contributed by atoms with Crippen LogP contribution in [0.5, 0.6) is 0 Å². The fourth-order valence-electron chi connectivity index (χ4n) is 2.37. The standard InChI is InChI=1S/C18H18F4N2S/c1-10-7-12(3)15(8-11(10)2)24-17(25)23-9-13-5-4-6-14(16(13)19)18(20,21)22/h4-8H,9H2,1-3H3,(H2,23,24,25). The molecule has 0 aliphatic heterocycles.